The van der Waals surface area contributed by atoms with Gasteiger partial charge in [0.2, 0.25) is 0 Å². The Balaban J connectivity index is 1.73. The van der Waals surface area contributed by atoms with Gasteiger partial charge in [-0.05, 0) is 43.9 Å². The van der Waals surface area contributed by atoms with E-state index in [1.165, 1.54) is 19.3 Å². The number of nitrogens with one attached hydrogen (secondary N) is 1. The lowest BCUT2D eigenvalue weighted by Gasteiger charge is -2.29. The highest BCUT2D eigenvalue weighted by atomic mass is 16.5. The van der Waals surface area contributed by atoms with Crippen LogP contribution in [0.5, 0.6) is 0 Å². The van der Waals surface area contributed by atoms with Crippen LogP contribution < -0.4 is 5.32 Å². The van der Waals surface area contributed by atoms with Crippen molar-refractivity contribution in [2.24, 2.45) is 0 Å². The summed E-state index contributed by atoms with van der Waals surface area (Å²) in [5.41, 5.74) is 2.88. The summed E-state index contributed by atoms with van der Waals surface area (Å²) in [6.07, 6.45) is 5.07. The van der Waals surface area contributed by atoms with Gasteiger partial charge in [-0.25, -0.2) is 4.98 Å². The minimum absolute atomic E-state index is 0.393. The Hall–Kier alpha value is -1.55. The fourth-order valence-corrected chi connectivity index (χ4v) is 2.86. The summed E-state index contributed by atoms with van der Waals surface area (Å²) in [6.45, 7) is 1.87. The molecule has 2 unspecified atom stereocenters. The van der Waals surface area contributed by atoms with Gasteiger partial charge in [0, 0.05) is 25.8 Å². The summed E-state index contributed by atoms with van der Waals surface area (Å²) in [4.78, 5) is 4.37. The van der Waals surface area contributed by atoms with Crippen molar-refractivity contribution in [3.05, 3.63) is 24.1 Å². The summed E-state index contributed by atoms with van der Waals surface area (Å²) in [7, 11) is 1.80. The number of hydrogen-bond donors (Lipinski definition) is 1. The van der Waals surface area contributed by atoms with Crippen molar-refractivity contribution in [3.63, 3.8) is 0 Å². The molecule has 0 spiro atoms. The molecule has 1 fully saturated rings. The number of aromatic nitrogens is 1. The molecule has 4 nitrogen and oxygen atoms in total. The normalized spacial score (nSPS) is 23.7. The number of oxazole rings is 1. The van der Waals surface area contributed by atoms with Crippen LogP contribution in [-0.2, 0) is 4.74 Å². The van der Waals surface area contributed by atoms with Gasteiger partial charge in [0.05, 0.1) is 6.10 Å². The maximum atomic E-state index is 5.49. The lowest BCUT2D eigenvalue weighted by Crippen LogP contribution is -2.30. The molecule has 19 heavy (non-hydrogen) atoms. The van der Waals surface area contributed by atoms with Gasteiger partial charge >= 0.3 is 0 Å². The third-order valence-electron chi connectivity index (χ3n) is 3.82. The van der Waals surface area contributed by atoms with E-state index in [1.807, 2.05) is 13.0 Å². The molecule has 102 valence electrons. The first-order chi connectivity index (χ1) is 9.24. The largest absolute Gasteiger partial charge is 0.441 e. The molecular weight excluding hydrogens is 240 g/mol. The first-order valence-electron chi connectivity index (χ1n) is 6.91. The number of aryl methyl sites for hydroxylation is 1. The van der Waals surface area contributed by atoms with Crippen LogP contribution in [-0.4, -0.2) is 24.2 Å². The van der Waals surface area contributed by atoms with Crippen LogP contribution in [0.3, 0.4) is 0 Å². The van der Waals surface area contributed by atoms with E-state index in [1.54, 1.807) is 7.11 Å². The Morgan fingerprint density at radius 2 is 2.26 bits per heavy atom. The van der Waals surface area contributed by atoms with Gasteiger partial charge in [0.25, 0.3) is 0 Å². The minimum atomic E-state index is 0.393. The molecule has 0 radical (unpaired) electrons. The summed E-state index contributed by atoms with van der Waals surface area (Å²) in [5.74, 6) is 0.712. The molecule has 0 amide bonds. The molecule has 1 N–H and O–H groups in total. The van der Waals surface area contributed by atoms with Gasteiger partial charge in [-0.1, -0.05) is 0 Å². The second-order valence-electron chi connectivity index (χ2n) is 5.28. The maximum absolute atomic E-state index is 5.49. The van der Waals surface area contributed by atoms with Gasteiger partial charge in [-0.15, -0.1) is 0 Å². The molecule has 1 aromatic carbocycles. The topological polar surface area (TPSA) is 47.3 Å². The zero-order valence-corrected chi connectivity index (χ0v) is 11.5. The van der Waals surface area contributed by atoms with Crippen molar-refractivity contribution in [3.8, 4) is 0 Å². The third-order valence-corrected chi connectivity index (χ3v) is 3.82. The van der Waals surface area contributed by atoms with E-state index < -0.39 is 0 Å². The second-order valence-corrected chi connectivity index (χ2v) is 5.28. The summed E-state index contributed by atoms with van der Waals surface area (Å²) >= 11 is 0. The van der Waals surface area contributed by atoms with Crippen LogP contribution in [0.25, 0.3) is 11.1 Å². The lowest BCUT2D eigenvalue weighted by atomic mass is 9.92. The average Bonchev–Trinajstić information content (AvgIpc) is 2.78. The first-order valence-corrected chi connectivity index (χ1v) is 6.91. The van der Waals surface area contributed by atoms with Crippen LogP contribution >= 0.6 is 0 Å². The highest BCUT2D eigenvalue weighted by molar-refractivity contribution is 5.77. The third kappa shape index (κ3) is 2.73. The monoisotopic (exact) mass is 260 g/mol. The van der Waals surface area contributed by atoms with Crippen molar-refractivity contribution in [2.45, 2.75) is 44.8 Å². The summed E-state index contributed by atoms with van der Waals surface area (Å²) in [6, 6.07) is 6.59. The Kier molecular flexibility index (Phi) is 3.42. The molecule has 3 rings (SSSR count). The number of ether oxygens (including phenoxy) is 1. The van der Waals surface area contributed by atoms with E-state index >= 15 is 0 Å². The summed E-state index contributed by atoms with van der Waals surface area (Å²) in [5, 5.41) is 3.58. The number of benzene rings is 1. The van der Waals surface area contributed by atoms with E-state index in [2.05, 4.69) is 22.4 Å². The highest BCUT2D eigenvalue weighted by Gasteiger charge is 2.21. The van der Waals surface area contributed by atoms with Crippen molar-refractivity contribution in [2.75, 3.05) is 12.4 Å². The Bertz CT molecular complexity index is 564. The fraction of sp³-hybridized carbons (Fsp3) is 0.533. The quantitative estimate of drug-likeness (QED) is 0.917. The van der Waals surface area contributed by atoms with Gasteiger partial charge in [-0.2, -0.15) is 0 Å². The molecule has 1 aliphatic carbocycles. The van der Waals surface area contributed by atoms with E-state index in [9.17, 15) is 0 Å². The Morgan fingerprint density at radius 3 is 3.11 bits per heavy atom. The molecule has 1 saturated carbocycles. The van der Waals surface area contributed by atoms with Crippen molar-refractivity contribution >= 4 is 16.8 Å². The molecule has 2 atom stereocenters. The van der Waals surface area contributed by atoms with E-state index in [0.717, 1.165) is 23.2 Å². The smallest absolute Gasteiger partial charge is 0.192 e. The zero-order chi connectivity index (χ0) is 13.2. The van der Waals surface area contributed by atoms with Crippen LogP contribution in [0.4, 0.5) is 5.69 Å². The minimum Gasteiger partial charge on any atom is -0.441 e. The molecular formula is C15H20N2O2. The molecule has 0 aliphatic heterocycles. The first kappa shape index (κ1) is 12.5. The van der Waals surface area contributed by atoms with Crippen LogP contribution in [0.1, 0.15) is 31.6 Å². The van der Waals surface area contributed by atoms with Crippen molar-refractivity contribution in [1.29, 1.82) is 0 Å². The fourth-order valence-electron chi connectivity index (χ4n) is 2.86. The summed E-state index contributed by atoms with van der Waals surface area (Å²) < 4.78 is 11.0. The number of methoxy groups -OCH3 is 1. The van der Waals surface area contributed by atoms with E-state index in [0.29, 0.717) is 18.0 Å². The average molecular weight is 260 g/mol. The molecule has 4 heteroatoms. The maximum Gasteiger partial charge on any atom is 0.192 e. The molecule has 2 aromatic rings. The number of anilines is 1. The lowest BCUT2D eigenvalue weighted by molar-refractivity contribution is 0.0669. The molecule has 1 aromatic heterocycles. The highest BCUT2D eigenvalue weighted by Crippen LogP contribution is 2.25. The van der Waals surface area contributed by atoms with Crippen LogP contribution in [0, 0.1) is 6.92 Å². The van der Waals surface area contributed by atoms with Crippen LogP contribution in [0.15, 0.2) is 22.6 Å². The van der Waals surface area contributed by atoms with Crippen LogP contribution in [0.2, 0.25) is 0 Å². The predicted molar refractivity (Wildman–Crippen MR) is 75.4 cm³/mol. The second kappa shape index (κ2) is 5.21. The molecule has 1 heterocycles. The Labute approximate surface area is 113 Å². The van der Waals surface area contributed by atoms with E-state index in [4.69, 9.17) is 9.15 Å². The number of nitrogens with zero attached hydrogens (tertiary/aromatic N) is 1. The number of hydrogen-bond acceptors (Lipinski definition) is 4. The predicted octanol–water partition coefficient (Wildman–Crippen LogP) is 3.51. The van der Waals surface area contributed by atoms with Gasteiger partial charge in [0.15, 0.2) is 11.5 Å². The standard InChI is InChI=1S/C15H20N2O2/c1-10-16-14-9-12(6-7-15(14)19-10)17-11-4-3-5-13(8-11)18-2/h6-7,9,11,13,17H,3-5,8H2,1-2H3. The van der Waals surface area contributed by atoms with Crippen molar-refractivity contribution in [1.82, 2.24) is 4.98 Å². The number of rotatable bonds is 3. The van der Waals surface area contributed by atoms with Crippen molar-refractivity contribution < 1.29 is 9.15 Å². The zero-order valence-electron chi connectivity index (χ0n) is 11.5. The van der Waals surface area contributed by atoms with Gasteiger partial charge < -0.3 is 14.5 Å². The van der Waals surface area contributed by atoms with Gasteiger partial charge in [-0.3, -0.25) is 0 Å². The molecule has 0 saturated heterocycles. The Morgan fingerprint density at radius 1 is 1.37 bits per heavy atom. The SMILES string of the molecule is COC1CCCC(Nc2ccc3oc(C)nc3c2)C1. The van der Waals surface area contributed by atoms with E-state index in [-0.39, 0.29) is 0 Å². The molecule has 1 aliphatic rings. The van der Waals surface area contributed by atoms with Gasteiger partial charge in [0.1, 0.15) is 5.52 Å². The number of fused-ring (bicyclic) bond motifs is 1. The molecule has 0 bridgehead atoms.